The molecule has 0 bridgehead atoms. The number of para-hydroxylation sites is 2. The van der Waals surface area contributed by atoms with Crippen molar-refractivity contribution in [1.29, 1.82) is 0 Å². The van der Waals surface area contributed by atoms with Gasteiger partial charge in [-0.1, -0.05) is 60.7 Å². The quantitative estimate of drug-likeness (QED) is 0.0299. The Bertz CT molecular complexity index is 2650. The van der Waals surface area contributed by atoms with Gasteiger partial charge >= 0.3 is 0 Å². The molecule has 2 heterocycles. The summed E-state index contributed by atoms with van der Waals surface area (Å²) in [6.45, 7) is 0.149. The zero-order valence-corrected chi connectivity index (χ0v) is 40.3. The lowest BCUT2D eigenvalue weighted by atomic mass is 10.1. The molecule has 0 amide bonds. The van der Waals surface area contributed by atoms with Crippen LogP contribution in [0.15, 0.2) is 107 Å². The molecule has 72 heavy (non-hydrogen) atoms. The molecule has 6 aromatic rings. The molecular weight excluding hydrogens is 981 g/mol. The summed E-state index contributed by atoms with van der Waals surface area (Å²) in [5.74, 6) is 0.187. The highest BCUT2D eigenvalue weighted by atomic mass is 32.2. The first kappa shape index (κ1) is 57.5. The van der Waals surface area contributed by atoms with Crippen molar-refractivity contribution in [1.82, 2.24) is 29.9 Å². The molecule has 0 fully saturated rings. The van der Waals surface area contributed by atoms with E-state index < -0.39 is 30.0 Å². The minimum atomic E-state index is -4.91. The Morgan fingerprint density at radius 2 is 0.722 bits per heavy atom. The average Bonchev–Trinajstić information content (AvgIpc) is 3.36. The fourth-order valence-corrected chi connectivity index (χ4v) is 7.45. The summed E-state index contributed by atoms with van der Waals surface area (Å²) in [7, 11) is -9.82. The van der Waals surface area contributed by atoms with Gasteiger partial charge in [-0.15, -0.1) is 0 Å². The molecule has 0 spiro atoms. The van der Waals surface area contributed by atoms with Gasteiger partial charge in [-0.3, -0.25) is 9.11 Å². The summed E-state index contributed by atoms with van der Waals surface area (Å²) in [5.41, 5.74) is 10.9. The Morgan fingerprint density at radius 1 is 0.431 bits per heavy atom. The second kappa shape index (κ2) is 29.3. The van der Waals surface area contributed by atoms with Gasteiger partial charge in [-0.25, -0.2) is 0 Å². The number of aliphatic hydroxyl groups is 6. The lowest BCUT2D eigenvalue weighted by Crippen LogP contribution is -2.31. The Labute approximate surface area is 415 Å². The third-order valence-corrected chi connectivity index (χ3v) is 11.0. The minimum absolute atomic E-state index is 0.0647. The van der Waals surface area contributed by atoms with E-state index in [2.05, 4.69) is 51.2 Å². The van der Waals surface area contributed by atoms with Gasteiger partial charge in [0, 0.05) is 62.0 Å². The summed E-state index contributed by atoms with van der Waals surface area (Å²) in [5, 5.41) is 65.9. The summed E-state index contributed by atoms with van der Waals surface area (Å²) in [4.78, 5) is 28.3. The average molecular weight is 1040 g/mol. The highest BCUT2D eigenvalue weighted by molar-refractivity contribution is 7.86. The monoisotopic (exact) mass is 1040 g/mol. The van der Waals surface area contributed by atoms with Crippen LogP contribution in [0.5, 0.6) is 0 Å². The van der Waals surface area contributed by atoms with Gasteiger partial charge in [0.05, 0.1) is 39.6 Å². The predicted molar refractivity (Wildman–Crippen MR) is 272 cm³/mol. The van der Waals surface area contributed by atoms with Crippen molar-refractivity contribution in [3.63, 3.8) is 0 Å². The van der Waals surface area contributed by atoms with E-state index in [1.54, 1.807) is 48.5 Å². The molecule has 0 unspecified atom stereocenters. The van der Waals surface area contributed by atoms with Crippen molar-refractivity contribution in [3.8, 4) is 0 Å². The first-order chi connectivity index (χ1) is 34.6. The van der Waals surface area contributed by atoms with Crippen molar-refractivity contribution in [2.75, 3.05) is 110 Å². The fourth-order valence-electron chi connectivity index (χ4n) is 6.03. The van der Waals surface area contributed by atoms with Crippen molar-refractivity contribution in [2.45, 2.75) is 9.79 Å². The van der Waals surface area contributed by atoms with Crippen LogP contribution in [0.3, 0.4) is 0 Å². The maximum atomic E-state index is 12.7. The van der Waals surface area contributed by atoms with Gasteiger partial charge in [-0.2, -0.15) is 46.7 Å². The van der Waals surface area contributed by atoms with Crippen LogP contribution in [0.2, 0.25) is 0 Å². The third kappa shape index (κ3) is 18.6. The number of aromatic nitrogens is 6. The standard InChI is InChI=1S/C40H44N12O10S2.2C2H7NO/c53-21-17-51(18-22-54)39-47-35(41-29-7-3-1-4-8-29)45-37(49-39)43-31-15-13-27(33(25-31)63(57,58)59)11-12-28-14-16-32(26-34(28)64(60,61)62)44-38-46-36(42-30-9-5-2-6-10-30)48-40(50-38)52(19-23-55)20-24-56;2*3-1-2-4/h1-16,25-26,53-56H,17-24H2,(H,57,58,59)(H,60,61,62)(H2,41,43,45,47,49)(H2,42,44,46,48,50);2*4H,1-3H2/b12-11+;;. The zero-order chi connectivity index (χ0) is 52.5. The number of nitrogens with zero attached hydrogens (tertiary/aromatic N) is 8. The number of rotatable bonds is 24. The SMILES string of the molecule is NCCO.NCCO.O=S(=O)(O)c1cc(Nc2nc(Nc3ccccc3)nc(N(CCO)CCO)n2)ccc1/C=C/c1ccc(Nc2nc(Nc3ccccc3)nc(N(CCO)CCO)n2)cc1S(=O)(=O)O. The largest absolute Gasteiger partial charge is 0.395 e. The predicted octanol–water partition coefficient (Wildman–Crippen LogP) is 1.15. The van der Waals surface area contributed by atoms with Gasteiger partial charge in [0.2, 0.25) is 35.7 Å². The zero-order valence-electron chi connectivity index (χ0n) is 38.6. The molecule has 0 radical (unpaired) electrons. The van der Waals surface area contributed by atoms with Gasteiger partial charge in [0.25, 0.3) is 20.2 Å². The van der Waals surface area contributed by atoms with Crippen LogP contribution in [0.25, 0.3) is 12.2 Å². The van der Waals surface area contributed by atoms with E-state index in [1.807, 2.05) is 12.1 Å². The molecule has 2 aromatic heterocycles. The fraction of sp³-hybridized carbons (Fsp3) is 0.273. The summed E-state index contributed by atoms with van der Waals surface area (Å²) in [6, 6.07) is 25.7. The molecule has 4 aromatic carbocycles. The maximum Gasteiger partial charge on any atom is 0.295 e. The highest BCUT2D eigenvalue weighted by Gasteiger charge is 2.21. The maximum absolute atomic E-state index is 12.7. The van der Waals surface area contributed by atoms with Crippen LogP contribution < -0.4 is 42.5 Å². The highest BCUT2D eigenvalue weighted by Crippen LogP contribution is 2.29. The molecule has 0 saturated heterocycles. The Kier molecular flexibility index (Phi) is 23.4. The van der Waals surface area contributed by atoms with E-state index in [0.29, 0.717) is 24.5 Å². The van der Waals surface area contributed by atoms with Gasteiger partial charge in [0.15, 0.2) is 0 Å². The van der Waals surface area contributed by atoms with E-state index in [1.165, 1.54) is 46.2 Å². The third-order valence-electron chi connectivity index (χ3n) is 9.15. The molecule has 0 aliphatic heterocycles. The molecule has 0 saturated carbocycles. The first-order valence-electron chi connectivity index (χ1n) is 21.8. The number of nitrogens with one attached hydrogen (secondary N) is 4. The molecule has 0 aliphatic rings. The smallest absolute Gasteiger partial charge is 0.295 e. The number of hydrogen-bond donors (Lipinski definition) is 14. The number of anilines is 10. The Hall–Kier alpha value is -7.06. The van der Waals surface area contributed by atoms with Crippen LogP contribution in [0, 0.1) is 0 Å². The van der Waals surface area contributed by atoms with Gasteiger partial charge in [0.1, 0.15) is 9.79 Å². The van der Waals surface area contributed by atoms with Gasteiger partial charge < -0.3 is 73.2 Å². The van der Waals surface area contributed by atoms with Crippen LogP contribution in [0.4, 0.5) is 58.4 Å². The van der Waals surface area contributed by atoms with E-state index in [9.17, 15) is 46.4 Å². The normalized spacial score (nSPS) is 11.2. The topological polar surface area (TPSA) is 414 Å². The van der Waals surface area contributed by atoms with E-state index >= 15 is 0 Å². The molecule has 26 nitrogen and oxygen atoms in total. The van der Waals surface area contributed by atoms with Gasteiger partial charge in [-0.05, 0) is 59.7 Å². The lowest BCUT2D eigenvalue weighted by Gasteiger charge is -2.21. The molecule has 16 N–H and O–H groups in total. The minimum Gasteiger partial charge on any atom is -0.395 e. The molecule has 0 aliphatic carbocycles. The second-order valence-corrected chi connectivity index (χ2v) is 17.3. The molecule has 388 valence electrons. The van der Waals surface area contributed by atoms with Crippen molar-refractivity contribution in [2.24, 2.45) is 11.5 Å². The summed E-state index contributed by atoms with van der Waals surface area (Å²) in [6.07, 6.45) is 2.45. The van der Waals surface area contributed by atoms with Crippen LogP contribution in [-0.4, -0.2) is 165 Å². The number of aliphatic hydroxyl groups excluding tert-OH is 6. The van der Waals surface area contributed by atoms with E-state index in [-0.39, 0.29) is 124 Å². The Morgan fingerprint density at radius 3 is 0.986 bits per heavy atom. The van der Waals surface area contributed by atoms with Crippen LogP contribution in [0.1, 0.15) is 11.1 Å². The number of hydrogen-bond acceptors (Lipinski definition) is 24. The van der Waals surface area contributed by atoms with E-state index in [4.69, 9.17) is 21.7 Å². The second-order valence-electron chi connectivity index (χ2n) is 14.5. The first-order valence-corrected chi connectivity index (χ1v) is 24.6. The molecule has 0 atom stereocenters. The van der Waals surface area contributed by atoms with E-state index in [0.717, 1.165) is 12.1 Å². The Balaban J connectivity index is 0.00000131. The number of benzene rings is 4. The van der Waals surface area contributed by atoms with Crippen molar-refractivity contribution in [3.05, 3.63) is 108 Å². The van der Waals surface area contributed by atoms with Crippen LogP contribution >= 0.6 is 0 Å². The molecule has 28 heteroatoms. The molecular formula is C44H58N14O12S2. The molecule has 6 rings (SSSR count). The lowest BCUT2D eigenvalue weighted by molar-refractivity contribution is 0.279. The number of nitrogens with two attached hydrogens (primary N) is 2. The van der Waals surface area contributed by atoms with Crippen LogP contribution in [-0.2, 0) is 20.2 Å². The summed E-state index contributed by atoms with van der Waals surface area (Å²) < 4.78 is 71.5. The van der Waals surface area contributed by atoms with Crippen molar-refractivity contribution < 1.29 is 56.6 Å². The summed E-state index contributed by atoms with van der Waals surface area (Å²) >= 11 is 0. The van der Waals surface area contributed by atoms with Crippen molar-refractivity contribution >= 4 is 90.8 Å².